The standard InChI is InChI=1S/C16H13FO3S/c17-15-7-3-13(4-8-15)11-21(20)10-9-12-1-5-14(6-2-12)16(18)19/h1-10H,11H2,(H,18,19). The van der Waals surface area contributed by atoms with Gasteiger partial charge in [0.05, 0.1) is 22.1 Å². The molecule has 0 heterocycles. The van der Waals surface area contributed by atoms with Crippen LogP contribution in [0.2, 0.25) is 0 Å². The van der Waals surface area contributed by atoms with Gasteiger partial charge in [0.2, 0.25) is 0 Å². The molecule has 0 amide bonds. The summed E-state index contributed by atoms with van der Waals surface area (Å²) >= 11 is 0. The average molecular weight is 304 g/mol. The van der Waals surface area contributed by atoms with E-state index in [9.17, 15) is 13.4 Å². The first-order valence-corrected chi connectivity index (χ1v) is 7.56. The van der Waals surface area contributed by atoms with Crippen molar-refractivity contribution >= 4 is 22.8 Å². The highest BCUT2D eigenvalue weighted by molar-refractivity contribution is 7.87. The SMILES string of the molecule is O=C(O)c1ccc(C=CS(=O)Cc2ccc(F)cc2)cc1. The first kappa shape index (κ1) is 15.1. The maximum atomic E-state index is 12.8. The molecule has 0 fully saturated rings. The summed E-state index contributed by atoms with van der Waals surface area (Å²) in [6, 6.07) is 12.1. The Bertz CT molecular complexity index is 676. The van der Waals surface area contributed by atoms with Gasteiger partial charge in [-0.05, 0) is 41.5 Å². The highest BCUT2D eigenvalue weighted by atomic mass is 32.2. The molecule has 2 aromatic rings. The van der Waals surface area contributed by atoms with Crippen molar-refractivity contribution in [3.05, 3.63) is 76.4 Å². The first-order chi connectivity index (χ1) is 10.0. The van der Waals surface area contributed by atoms with E-state index in [2.05, 4.69) is 0 Å². The van der Waals surface area contributed by atoms with Gasteiger partial charge >= 0.3 is 5.97 Å². The molecular weight excluding hydrogens is 291 g/mol. The topological polar surface area (TPSA) is 54.4 Å². The van der Waals surface area contributed by atoms with Crippen LogP contribution in [0, 0.1) is 5.82 Å². The fourth-order valence-electron chi connectivity index (χ4n) is 1.68. The van der Waals surface area contributed by atoms with Gasteiger partial charge in [0.15, 0.2) is 0 Å². The van der Waals surface area contributed by atoms with Gasteiger partial charge < -0.3 is 5.11 Å². The van der Waals surface area contributed by atoms with Crippen LogP contribution in [0.25, 0.3) is 6.08 Å². The van der Waals surface area contributed by atoms with Crippen LogP contribution >= 0.6 is 0 Å². The smallest absolute Gasteiger partial charge is 0.335 e. The maximum absolute atomic E-state index is 12.8. The Balaban J connectivity index is 1.98. The Morgan fingerprint density at radius 2 is 1.71 bits per heavy atom. The van der Waals surface area contributed by atoms with Gasteiger partial charge in [-0.2, -0.15) is 0 Å². The molecule has 2 rings (SSSR count). The number of halogens is 1. The van der Waals surface area contributed by atoms with Gasteiger partial charge in [-0.15, -0.1) is 0 Å². The van der Waals surface area contributed by atoms with Gasteiger partial charge in [0, 0.05) is 5.41 Å². The van der Waals surface area contributed by atoms with Crippen LogP contribution in [-0.2, 0) is 16.6 Å². The monoisotopic (exact) mass is 304 g/mol. The van der Waals surface area contributed by atoms with Crippen molar-refractivity contribution in [2.24, 2.45) is 0 Å². The first-order valence-electron chi connectivity index (χ1n) is 6.18. The van der Waals surface area contributed by atoms with Gasteiger partial charge in [-0.25, -0.2) is 9.18 Å². The normalized spacial score (nSPS) is 12.4. The molecule has 0 saturated carbocycles. The molecule has 0 aliphatic carbocycles. The Morgan fingerprint density at radius 1 is 1.10 bits per heavy atom. The van der Waals surface area contributed by atoms with Gasteiger partial charge in [-0.3, -0.25) is 4.21 Å². The summed E-state index contributed by atoms with van der Waals surface area (Å²) in [4.78, 5) is 10.7. The molecule has 3 nitrogen and oxygen atoms in total. The molecular formula is C16H13FO3S. The Hall–Kier alpha value is -2.27. The largest absolute Gasteiger partial charge is 0.478 e. The van der Waals surface area contributed by atoms with Crippen LogP contribution < -0.4 is 0 Å². The van der Waals surface area contributed by atoms with Gasteiger partial charge in [0.1, 0.15) is 5.82 Å². The highest BCUT2D eigenvalue weighted by Crippen LogP contribution is 2.10. The summed E-state index contributed by atoms with van der Waals surface area (Å²) in [7, 11) is -1.21. The molecule has 0 spiro atoms. The van der Waals surface area contributed by atoms with E-state index in [0.717, 1.165) is 11.1 Å². The van der Waals surface area contributed by atoms with Crippen LogP contribution in [0.15, 0.2) is 53.9 Å². The van der Waals surface area contributed by atoms with Gasteiger partial charge in [-0.1, -0.05) is 24.3 Å². The van der Waals surface area contributed by atoms with Crippen LogP contribution in [0.5, 0.6) is 0 Å². The van der Waals surface area contributed by atoms with Crippen molar-refractivity contribution < 1.29 is 18.5 Å². The summed E-state index contributed by atoms with van der Waals surface area (Å²) in [5.41, 5.74) is 1.77. The van der Waals surface area contributed by atoms with Crippen LogP contribution in [-0.4, -0.2) is 15.3 Å². The predicted octanol–water partition coefficient (Wildman–Crippen LogP) is 3.44. The Morgan fingerprint density at radius 3 is 2.29 bits per heavy atom. The van der Waals surface area contributed by atoms with Gasteiger partial charge in [0.25, 0.3) is 0 Å². The molecule has 5 heteroatoms. The number of hydrogen-bond donors (Lipinski definition) is 1. The molecule has 0 aliphatic rings. The number of carboxylic acids is 1. The summed E-state index contributed by atoms with van der Waals surface area (Å²) in [5, 5.41) is 10.3. The predicted molar refractivity (Wildman–Crippen MR) is 80.7 cm³/mol. The minimum Gasteiger partial charge on any atom is -0.478 e. The number of rotatable bonds is 5. The van der Waals surface area contributed by atoms with Crippen molar-refractivity contribution in [3.8, 4) is 0 Å². The Labute approximate surface area is 124 Å². The number of hydrogen-bond acceptors (Lipinski definition) is 2. The van der Waals surface area contributed by atoms with E-state index >= 15 is 0 Å². The molecule has 0 aliphatic heterocycles. The number of benzene rings is 2. The van der Waals surface area contributed by atoms with Crippen molar-refractivity contribution in [3.63, 3.8) is 0 Å². The number of carbonyl (C=O) groups is 1. The molecule has 1 atom stereocenters. The molecule has 1 unspecified atom stereocenters. The lowest BCUT2D eigenvalue weighted by Crippen LogP contribution is -1.95. The van der Waals surface area contributed by atoms with E-state index < -0.39 is 16.8 Å². The van der Waals surface area contributed by atoms with Crippen LogP contribution in [0.1, 0.15) is 21.5 Å². The van der Waals surface area contributed by atoms with Crippen molar-refractivity contribution in [2.75, 3.05) is 0 Å². The summed E-state index contributed by atoms with van der Waals surface area (Å²) in [6.45, 7) is 0. The Kier molecular flexibility index (Phi) is 5.00. The second-order valence-electron chi connectivity index (χ2n) is 4.38. The summed E-state index contributed by atoms with van der Waals surface area (Å²) in [5.74, 6) is -0.992. The minimum absolute atomic E-state index is 0.208. The fraction of sp³-hybridized carbons (Fsp3) is 0.0625. The van der Waals surface area contributed by atoms with Crippen LogP contribution in [0.4, 0.5) is 4.39 Å². The number of carboxylic acid groups (broad SMARTS) is 1. The fourth-order valence-corrected chi connectivity index (χ4v) is 2.61. The van der Waals surface area contributed by atoms with Crippen molar-refractivity contribution in [1.82, 2.24) is 0 Å². The third-order valence-corrected chi connectivity index (χ3v) is 3.85. The van der Waals surface area contributed by atoms with E-state index in [0.29, 0.717) is 5.75 Å². The molecule has 0 aromatic heterocycles. The second-order valence-corrected chi connectivity index (χ2v) is 5.70. The molecule has 0 bridgehead atoms. The molecule has 1 N–H and O–H groups in total. The zero-order valence-corrected chi connectivity index (χ0v) is 11.8. The molecule has 21 heavy (non-hydrogen) atoms. The maximum Gasteiger partial charge on any atom is 0.335 e. The lowest BCUT2D eigenvalue weighted by molar-refractivity contribution is 0.0697. The summed E-state index contributed by atoms with van der Waals surface area (Å²) in [6.07, 6.45) is 1.67. The third kappa shape index (κ3) is 4.65. The minimum atomic E-state index is -1.21. The van der Waals surface area contributed by atoms with E-state index in [1.165, 1.54) is 24.3 Å². The average Bonchev–Trinajstić information content (AvgIpc) is 2.48. The number of aromatic carboxylic acids is 1. The molecule has 2 aromatic carbocycles. The summed E-state index contributed by atoms with van der Waals surface area (Å²) < 4.78 is 24.6. The zero-order valence-electron chi connectivity index (χ0n) is 11.0. The lowest BCUT2D eigenvalue weighted by Gasteiger charge is -1.99. The van der Waals surface area contributed by atoms with Crippen molar-refractivity contribution in [1.29, 1.82) is 0 Å². The highest BCUT2D eigenvalue weighted by Gasteiger charge is 2.01. The van der Waals surface area contributed by atoms with Crippen molar-refractivity contribution in [2.45, 2.75) is 5.75 Å². The van der Waals surface area contributed by atoms with E-state index in [1.807, 2.05) is 0 Å². The molecule has 108 valence electrons. The quantitative estimate of drug-likeness (QED) is 0.920. The van der Waals surface area contributed by atoms with E-state index in [4.69, 9.17) is 5.11 Å². The van der Waals surface area contributed by atoms with E-state index in [-0.39, 0.29) is 11.4 Å². The lowest BCUT2D eigenvalue weighted by atomic mass is 10.1. The van der Waals surface area contributed by atoms with E-state index in [1.54, 1.807) is 35.7 Å². The van der Waals surface area contributed by atoms with Crippen LogP contribution in [0.3, 0.4) is 0 Å². The zero-order chi connectivity index (χ0) is 15.2. The molecule has 0 saturated heterocycles. The second kappa shape index (κ2) is 6.95. The molecule has 0 radical (unpaired) electrons. The third-order valence-electron chi connectivity index (χ3n) is 2.79.